The number of likely N-dealkylation sites (N-methyl/N-ethyl adjacent to an activating group) is 1. The van der Waals surface area contributed by atoms with E-state index in [1.54, 1.807) is 26.2 Å². The molecule has 1 fully saturated rings. The van der Waals surface area contributed by atoms with Gasteiger partial charge in [0.2, 0.25) is 5.78 Å². The number of likely N-dealkylation sites (tertiary alicyclic amines) is 1. The predicted octanol–water partition coefficient (Wildman–Crippen LogP) is 0.651. The van der Waals surface area contributed by atoms with Gasteiger partial charge in [0.25, 0.3) is 5.91 Å². The van der Waals surface area contributed by atoms with Gasteiger partial charge in [-0.1, -0.05) is 6.07 Å². The standard InChI is InChI=1S/C28H36N4O7/c1-30(2)21-16-12-14-11-13-5-6-17(32(4)15-7-9-31(3)10-8-15)22(33)18(13)23(34)19(14)25(36)28(16,39)26(37)20(24(21)35)27(29)38/h5-6,14-16,21,33,35-36,39H,7-12H2,1-4H3,(H2,29,38). The minimum Gasteiger partial charge on any atom is -0.510 e. The Morgan fingerprint density at radius 3 is 2.33 bits per heavy atom. The number of hydrogen-bond donors (Lipinski definition) is 5. The second-order valence-electron chi connectivity index (χ2n) is 11.6. The minimum absolute atomic E-state index is 0.0352. The van der Waals surface area contributed by atoms with Gasteiger partial charge in [0.05, 0.1) is 17.3 Å². The third-order valence-corrected chi connectivity index (χ3v) is 9.19. The van der Waals surface area contributed by atoms with E-state index in [0.717, 1.165) is 25.9 Å². The average molecular weight is 541 g/mol. The molecule has 1 heterocycles. The predicted molar refractivity (Wildman–Crippen MR) is 143 cm³/mol. The summed E-state index contributed by atoms with van der Waals surface area (Å²) in [5.74, 6) is -6.40. The molecule has 1 aromatic carbocycles. The maximum atomic E-state index is 13.9. The third-order valence-electron chi connectivity index (χ3n) is 9.19. The third kappa shape index (κ3) is 3.86. The van der Waals surface area contributed by atoms with E-state index < -0.39 is 58.0 Å². The van der Waals surface area contributed by atoms with Gasteiger partial charge in [-0.05, 0) is 77.5 Å². The lowest BCUT2D eigenvalue weighted by molar-refractivity contribution is -0.148. The Bertz CT molecular complexity index is 1330. The number of amides is 1. The first-order valence-electron chi connectivity index (χ1n) is 13.2. The molecule has 0 aromatic heterocycles. The number of rotatable bonds is 4. The number of primary amides is 1. The fraction of sp³-hybridized carbons (Fsp3) is 0.536. The van der Waals surface area contributed by atoms with Crippen LogP contribution in [-0.2, 0) is 16.0 Å². The van der Waals surface area contributed by atoms with Crippen LogP contribution in [0.5, 0.6) is 5.75 Å². The molecule has 0 saturated carbocycles. The number of carbonyl (C=O) groups excluding carboxylic acids is 3. The highest BCUT2D eigenvalue weighted by Gasteiger charge is 2.63. The Morgan fingerprint density at radius 1 is 1.10 bits per heavy atom. The van der Waals surface area contributed by atoms with E-state index in [-0.39, 0.29) is 35.8 Å². The molecule has 11 nitrogen and oxygen atoms in total. The summed E-state index contributed by atoms with van der Waals surface area (Å²) in [6, 6.07) is 2.78. The molecule has 210 valence electrons. The number of carbonyl (C=O) groups is 3. The topological polar surface area (TPSA) is 168 Å². The molecule has 4 aliphatic rings. The first-order valence-corrected chi connectivity index (χ1v) is 13.2. The molecule has 1 saturated heterocycles. The fourth-order valence-electron chi connectivity index (χ4n) is 7.08. The first-order chi connectivity index (χ1) is 18.3. The smallest absolute Gasteiger partial charge is 0.255 e. The normalized spacial score (nSPS) is 29.8. The number of piperidine rings is 1. The van der Waals surface area contributed by atoms with Crippen molar-refractivity contribution in [3.8, 4) is 5.75 Å². The summed E-state index contributed by atoms with van der Waals surface area (Å²) in [5.41, 5.74) is 2.92. The molecule has 1 aliphatic heterocycles. The van der Waals surface area contributed by atoms with Crippen molar-refractivity contribution in [2.24, 2.45) is 17.6 Å². The Kier molecular flexibility index (Phi) is 6.52. The number of Topliss-reactive ketones (excluding diaryl/α,β-unsaturated/α-hetero) is 2. The summed E-state index contributed by atoms with van der Waals surface area (Å²) in [7, 11) is 7.15. The number of aliphatic hydroxyl groups is 3. The number of phenolic OH excluding ortho intramolecular Hbond substituents is 1. The second kappa shape index (κ2) is 9.35. The summed E-state index contributed by atoms with van der Waals surface area (Å²) in [6.07, 6.45) is 2.15. The number of aromatic hydroxyl groups is 1. The number of nitrogens with two attached hydrogens (primary N) is 1. The van der Waals surface area contributed by atoms with Crippen LogP contribution in [0.2, 0.25) is 0 Å². The van der Waals surface area contributed by atoms with Crippen LogP contribution in [0, 0.1) is 11.8 Å². The van der Waals surface area contributed by atoms with Gasteiger partial charge in [-0.2, -0.15) is 0 Å². The zero-order valence-electron chi connectivity index (χ0n) is 22.6. The number of aliphatic hydroxyl groups excluding tert-OH is 2. The van der Waals surface area contributed by atoms with Crippen molar-refractivity contribution in [2.75, 3.05) is 46.2 Å². The average Bonchev–Trinajstić information content (AvgIpc) is 2.86. The molecule has 6 N–H and O–H groups in total. The number of phenols is 1. The Balaban J connectivity index is 1.60. The van der Waals surface area contributed by atoms with Crippen LogP contribution >= 0.6 is 0 Å². The van der Waals surface area contributed by atoms with Crippen LogP contribution in [0.15, 0.2) is 34.8 Å². The Hall–Kier alpha value is -3.41. The largest absolute Gasteiger partial charge is 0.510 e. The summed E-state index contributed by atoms with van der Waals surface area (Å²) >= 11 is 0. The lowest BCUT2D eigenvalue weighted by atomic mass is 9.58. The maximum Gasteiger partial charge on any atom is 0.255 e. The Morgan fingerprint density at radius 2 is 1.74 bits per heavy atom. The van der Waals surface area contributed by atoms with E-state index in [1.807, 2.05) is 11.9 Å². The van der Waals surface area contributed by atoms with Crippen molar-refractivity contribution >= 4 is 23.2 Å². The van der Waals surface area contributed by atoms with E-state index in [4.69, 9.17) is 5.73 Å². The van der Waals surface area contributed by atoms with E-state index in [9.17, 15) is 34.8 Å². The summed E-state index contributed by atoms with van der Waals surface area (Å²) in [4.78, 5) is 45.2. The van der Waals surface area contributed by atoms with Crippen LogP contribution in [0.3, 0.4) is 0 Å². The van der Waals surface area contributed by atoms with Crippen molar-refractivity contribution < 1.29 is 34.8 Å². The SMILES string of the molecule is CN1CCC(N(C)c2ccc3c(c2O)C(=O)C2=C(O)C4(O)C(=O)C(C(N)=O)=C(O)C(N(C)C)C4CC2C3)CC1. The molecule has 39 heavy (non-hydrogen) atoms. The van der Waals surface area contributed by atoms with E-state index in [2.05, 4.69) is 11.9 Å². The minimum atomic E-state index is -2.64. The second-order valence-corrected chi connectivity index (χ2v) is 11.6. The van der Waals surface area contributed by atoms with Crippen LogP contribution in [-0.4, -0.2) is 107 Å². The number of anilines is 1. The molecule has 4 atom stereocenters. The summed E-state index contributed by atoms with van der Waals surface area (Å²) in [6.45, 7) is 1.84. The van der Waals surface area contributed by atoms with Crippen molar-refractivity contribution in [2.45, 2.75) is 43.4 Å². The lowest BCUT2D eigenvalue weighted by Crippen LogP contribution is -2.63. The molecule has 0 bridgehead atoms. The highest BCUT2D eigenvalue weighted by molar-refractivity contribution is 6.24. The van der Waals surface area contributed by atoms with Crippen LogP contribution < -0.4 is 10.6 Å². The summed E-state index contributed by atoms with van der Waals surface area (Å²) < 4.78 is 0. The number of nitrogens with zero attached hydrogens (tertiary/aromatic N) is 3. The van der Waals surface area contributed by atoms with Gasteiger partial charge >= 0.3 is 0 Å². The van der Waals surface area contributed by atoms with Crippen LogP contribution in [0.4, 0.5) is 5.69 Å². The molecule has 1 aromatic rings. The highest BCUT2D eigenvalue weighted by atomic mass is 16.3. The summed E-state index contributed by atoms with van der Waals surface area (Å²) in [5, 5.41) is 45.3. The van der Waals surface area contributed by atoms with Gasteiger partial charge in [-0.25, -0.2) is 0 Å². The highest BCUT2D eigenvalue weighted by Crippen LogP contribution is 2.52. The number of benzene rings is 1. The zero-order chi connectivity index (χ0) is 28.5. The molecule has 5 rings (SSSR count). The number of ketones is 2. The van der Waals surface area contributed by atoms with Gasteiger partial charge in [0.1, 0.15) is 22.8 Å². The zero-order valence-corrected chi connectivity index (χ0v) is 22.6. The maximum absolute atomic E-state index is 13.9. The molecule has 0 spiro atoms. The van der Waals surface area contributed by atoms with Gasteiger partial charge < -0.3 is 36.0 Å². The monoisotopic (exact) mass is 540 g/mol. The molecule has 0 radical (unpaired) electrons. The van der Waals surface area contributed by atoms with Crippen LogP contribution in [0.25, 0.3) is 0 Å². The number of fused-ring (bicyclic) bond motifs is 3. The number of hydrogen-bond acceptors (Lipinski definition) is 10. The number of allylic oxidation sites excluding steroid dienone is 1. The first kappa shape index (κ1) is 27.2. The fourth-order valence-corrected chi connectivity index (χ4v) is 7.08. The van der Waals surface area contributed by atoms with Crippen molar-refractivity contribution in [3.05, 3.63) is 45.9 Å². The van der Waals surface area contributed by atoms with E-state index in [0.29, 0.717) is 11.3 Å². The van der Waals surface area contributed by atoms with Crippen molar-refractivity contribution in [1.82, 2.24) is 9.80 Å². The van der Waals surface area contributed by atoms with Crippen LogP contribution in [0.1, 0.15) is 35.2 Å². The molecule has 4 unspecified atom stereocenters. The van der Waals surface area contributed by atoms with Crippen molar-refractivity contribution in [1.29, 1.82) is 0 Å². The lowest BCUT2D eigenvalue weighted by Gasteiger charge is -2.50. The molecule has 3 aliphatic carbocycles. The molecular formula is C28H36N4O7. The van der Waals surface area contributed by atoms with Gasteiger partial charge in [0.15, 0.2) is 11.4 Å². The quantitative estimate of drug-likeness (QED) is 0.342. The Labute approximate surface area is 226 Å². The van der Waals surface area contributed by atoms with Crippen molar-refractivity contribution in [3.63, 3.8) is 0 Å². The van der Waals surface area contributed by atoms with Gasteiger partial charge in [0, 0.05) is 24.6 Å². The van der Waals surface area contributed by atoms with Gasteiger partial charge in [-0.3, -0.25) is 19.3 Å². The molecular weight excluding hydrogens is 504 g/mol. The van der Waals surface area contributed by atoms with E-state index >= 15 is 0 Å². The van der Waals surface area contributed by atoms with Gasteiger partial charge in [-0.15, -0.1) is 0 Å². The molecule has 11 heteroatoms. The molecule has 1 amide bonds. The van der Waals surface area contributed by atoms with E-state index in [1.165, 1.54) is 4.90 Å².